The van der Waals surface area contributed by atoms with Crippen LogP contribution in [0.1, 0.15) is 29.2 Å². The molecule has 3 heterocycles. The first-order valence-corrected chi connectivity index (χ1v) is 11.7. The van der Waals surface area contributed by atoms with E-state index in [0.717, 1.165) is 27.8 Å². The van der Waals surface area contributed by atoms with Gasteiger partial charge in [0, 0.05) is 54.1 Å². The minimum atomic E-state index is -3.19. The van der Waals surface area contributed by atoms with Crippen LogP contribution in [0.25, 0.3) is 11.1 Å². The number of aryl methyl sites for hydroxylation is 1. The SMILES string of the molecule is CCS(=O)(=O)Cc1ccc2c(c1)-c1cn(C)c(=O)cc1CN=C2c1ccncc1Cl. The lowest BCUT2D eigenvalue weighted by Crippen LogP contribution is -2.16. The highest BCUT2D eigenvalue weighted by atomic mass is 35.5. The molecule has 0 amide bonds. The van der Waals surface area contributed by atoms with Crippen LogP contribution in [0.5, 0.6) is 0 Å². The van der Waals surface area contributed by atoms with Crippen molar-refractivity contribution in [3.63, 3.8) is 0 Å². The third-order valence-electron chi connectivity index (χ3n) is 5.20. The molecule has 1 aliphatic heterocycles. The van der Waals surface area contributed by atoms with Crippen molar-refractivity contribution < 1.29 is 8.42 Å². The van der Waals surface area contributed by atoms with E-state index < -0.39 is 9.84 Å². The van der Waals surface area contributed by atoms with Gasteiger partial charge in [0.1, 0.15) is 0 Å². The highest BCUT2D eigenvalue weighted by Gasteiger charge is 2.22. The number of halogens is 1. The van der Waals surface area contributed by atoms with Gasteiger partial charge in [-0.05, 0) is 28.8 Å². The maximum atomic E-state index is 12.2. The summed E-state index contributed by atoms with van der Waals surface area (Å²) in [5.74, 6) is 0.0366. The molecule has 6 nitrogen and oxygen atoms in total. The number of fused-ring (bicyclic) bond motifs is 3. The molecule has 0 unspecified atom stereocenters. The Morgan fingerprint density at radius 1 is 1.10 bits per heavy atom. The van der Waals surface area contributed by atoms with Crippen LogP contribution in [0.4, 0.5) is 0 Å². The number of rotatable bonds is 4. The van der Waals surface area contributed by atoms with Crippen molar-refractivity contribution in [1.29, 1.82) is 0 Å². The van der Waals surface area contributed by atoms with Gasteiger partial charge in [0.2, 0.25) is 0 Å². The number of aliphatic imine (C=N–C) groups is 1. The Morgan fingerprint density at radius 3 is 2.63 bits per heavy atom. The van der Waals surface area contributed by atoms with Crippen LogP contribution in [0.2, 0.25) is 5.02 Å². The molecule has 154 valence electrons. The average molecular weight is 442 g/mol. The molecule has 1 aromatic carbocycles. The third-order valence-corrected chi connectivity index (χ3v) is 7.16. The van der Waals surface area contributed by atoms with Crippen molar-refractivity contribution in [3.8, 4) is 11.1 Å². The number of pyridine rings is 2. The van der Waals surface area contributed by atoms with Crippen molar-refractivity contribution in [3.05, 3.63) is 86.6 Å². The quantitative estimate of drug-likeness (QED) is 0.621. The fourth-order valence-corrected chi connectivity index (χ4v) is 4.66. The van der Waals surface area contributed by atoms with E-state index in [1.165, 1.54) is 4.57 Å². The van der Waals surface area contributed by atoms with E-state index in [1.807, 2.05) is 18.2 Å². The Balaban J connectivity index is 1.98. The first-order valence-electron chi connectivity index (χ1n) is 9.47. The highest BCUT2D eigenvalue weighted by molar-refractivity contribution is 7.90. The number of benzene rings is 1. The van der Waals surface area contributed by atoms with E-state index in [0.29, 0.717) is 22.8 Å². The van der Waals surface area contributed by atoms with Gasteiger partial charge in [-0.25, -0.2) is 8.42 Å². The lowest BCUT2D eigenvalue weighted by Gasteiger charge is -2.15. The number of sulfone groups is 1. The monoisotopic (exact) mass is 441 g/mol. The lowest BCUT2D eigenvalue weighted by atomic mass is 9.92. The van der Waals surface area contributed by atoms with E-state index in [1.54, 1.807) is 44.7 Å². The molecule has 0 spiro atoms. The molecule has 3 aromatic rings. The molecule has 8 heteroatoms. The van der Waals surface area contributed by atoms with Gasteiger partial charge >= 0.3 is 0 Å². The standard InChI is InChI=1S/C22H20ClN3O3S/c1-3-30(28,29)13-14-4-5-16-18(8-14)19-12-26(2)21(27)9-15(19)10-25-22(16)17-6-7-24-11-20(17)23/h4-9,11-12H,3,10,13H2,1-2H3. The molecular formula is C22H20ClN3O3S. The molecule has 1 aliphatic rings. The normalized spacial score (nSPS) is 13.2. The lowest BCUT2D eigenvalue weighted by molar-refractivity contribution is 0.596. The van der Waals surface area contributed by atoms with Gasteiger partial charge in [-0.2, -0.15) is 0 Å². The van der Waals surface area contributed by atoms with E-state index in [9.17, 15) is 13.2 Å². The molecule has 2 aromatic heterocycles. The zero-order valence-electron chi connectivity index (χ0n) is 16.6. The Bertz CT molecular complexity index is 1340. The summed E-state index contributed by atoms with van der Waals surface area (Å²) in [7, 11) is -1.49. The minimum Gasteiger partial charge on any atom is -0.318 e. The summed E-state index contributed by atoms with van der Waals surface area (Å²) in [6.07, 6.45) is 5.00. The molecule has 0 bridgehead atoms. The first kappa shape index (κ1) is 20.5. The Kier molecular flexibility index (Phi) is 5.34. The van der Waals surface area contributed by atoms with Crippen molar-refractivity contribution in [2.24, 2.45) is 12.0 Å². The van der Waals surface area contributed by atoms with Gasteiger partial charge < -0.3 is 4.57 Å². The van der Waals surface area contributed by atoms with E-state index >= 15 is 0 Å². The maximum Gasteiger partial charge on any atom is 0.250 e. The molecule has 0 radical (unpaired) electrons. The van der Waals surface area contributed by atoms with Gasteiger partial charge in [-0.3, -0.25) is 14.8 Å². The number of hydrogen-bond acceptors (Lipinski definition) is 5. The predicted octanol–water partition coefficient (Wildman–Crippen LogP) is 3.39. The largest absolute Gasteiger partial charge is 0.318 e. The third kappa shape index (κ3) is 3.82. The fraction of sp³-hybridized carbons (Fsp3) is 0.227. The molecule has 0 N–H and O–H groups in total. The van der Waals surface area contributed by atoms with Gasteiger partial charge in [-0.15, -0.1) is 0 Å². The fourth-order valence-electron chi connectivity index (χ4n) is 3.56. The van der Waals surface area contributed by atoms with Crippen LogP contribution in [0, 0.1) is 0 Å². The van der Waals surface area contributed by atoms with Crippen molar-refractivity contribution in [2.45, 2.75) is 19.2 Å². The summed E-state index contributed by atoms with van der Waals surface area (Å²) in [6, 6.07) is 8.95. The molecule has 0 saturated heterocycles. The van der Waals surface area contributed by atoms with Gasteiger partial charge in [0.05, 0.1) is 23.0 Å². The van der Waals surface area contributed by atoms with Crippen molar-refractivity contribution in [2.75, 3.05) is 5.75 Å². The smallest absolute Gasteiger partial charge is 0.250 e. The summed E-state index contributed by atoms with van der Waals surface area (Å²) in [6.45, 7) is 1.96. The zero-order chi connectivity index (χ0) is 21.5. The van der Waals surface area contributed by atoms with E-state index in [2.05, 4.69) is 4.98 Å². The second kappa shape index (κ2) is 7.81. The van der Waals surface area contributed by atoms with Gasteiger partial charge in [0.25, 0.3) is 5.56 Å². The average Bonchev–Trinajstić information content (AvgIpc) is 2.86. The Labute approximate surface area is 179 Å². The predicted molar refractivity (Wildman–Crippen MR) is 119 cm³/mol. The molecule has 0 aliphatic carbocycles. The molecular weight excluding hydrogens is 422 g/mol. The highest BCUT2D eigenvalue weighted by Crippen LogP contribution is 2.34. The van der Waals surface area contributed by atoms with Crippen LogP contribution in [-0.4, -0.2) is 29.4 Å². The van der Waals surface area contributed by atoms with Gasteiger partial charge in [0.15, 0.2) is 9.84 Å². The second-order valence-corrected chi connectivity index (χ2v) is 10.00. The summed E-state index contributed by atoms with van der Waals surface area (Å²) >= 11 is 6.40. The van der Waals surface area contributed by atoms with Crippen LogP contribution >= 0.6 is 11.6 Å². The maximum absolute atomic E-state index is 12.2. The summed E-state index contributed by atoms with van der Waals surface area (Å²) < 4.78 is 25.9. The Hall–Kier alpha value is -2.77. The van der Waals surface area contributed by atoms with Gasteiger partial charge in [-0.1, -0.05) is 30.7 Å². The molecule has 0 atom stereocenters. The number of hydrogen-bond donors (Lipinski definition) is 0. The zero-order valence-corrected chi connectivity index (χ0v) is 18.2. The molecule has 30 heavy (non-hydrogen) atoms. The van der Waals surface area contributed by atoms with Crippen LogP contribution < -0.4 is 5.56 Å². The molecule has 0 saturated carbocycles. The van der Waals surface area contributed by atoms with Crippen molar-refractivity contribution in [1.82, 2.24) is 9.55 Å². The van der Waals surface area contributed by atoms with Crippen LogP contribution in [0.3, 0.4) is 0 Å². The number of aromatic nitrogens is 2. The summed E-state index contributed by atoms with van der Waals surface area (Å²) in [4.78, 5) is 21.0. The van der Waals surface area contributed by atoms with Crippen molar-refractivity contribution >= 4 is 27.1 Å². The van der Waals surface area contributed by atoms with Crippen LogP contribution in [0.15, 0.2) is 58.7 Å². The molecule has 0 fully saturated rings. The summed E-state index contributed by atoms with van der Waals surface area (Å²) in [5.41, 5.74) is 5.29. The topological polar surface area (TPSA) is 81.4 Å². The number of nitrogens with zero attached hydrogens (tertiary/aromatic N) is 3. The van der Waals surface area contributed by atoms with E-state index in [4.69, 9.17) is 16.6 Å². The molecule has 4 rings (SSSR count). The minimum absolute atomic E-state index is 0.0413. The summed E-state index contributed by atoms with van der Waals surface area (Å²) in [5, 5.41) is 0.473. The Morgan fingerprint density at radius 2 is 1.90 bits per heavy atom. The first-order chi connectivity index (χ1) is 14.3. The second-order valence-electron chi connectivity index (χ2n) is 7.24. The van der Waals surface area contributed by atoms with E-state index in [-0.39, 0.29) is 17.1 Å². The van der Waals surface area contributed by atoms with Crippen LogP contribution in [-0.2, 0) is 29.2 Å².